The minimum absolute atomic E-state index is 0.177. The van der Waals surface area contributed by atoms with Crippen LogP contribution in [-0.4, -0.2) is 28.0 Å². The van der Waals surface area contributed by atoms with Crippen molar-refractivity contribution in [2.75, 3.05) is 0 Å². The fraction of sp³-hybridized carbons (Fsp3) is 0.353. The molecule has 0 aliphatic rings. The van der Waals surface area contributed by atoms with Gasteiger partial charge in [0.15, 0.2) is 0 Å². The lowest BCUT2D eigenvalue weighted by molar-refractivity contribution is -0.139. The van der Waals surface area contributed by atoms with Gasteiger partial charge in [0, 0.05) is 10.9 Å². The number of rotatable bonds is 6. The van der Waals surface area contributed by atoms with E-state index < -0.39 is 17.9 Å². The highest BCUT2D eigenvalue weighted by molar-refractivity contribution is 7.08. The summed E-state index contributed by atoms with van der Waals surface area (Å²) in [7, 11) is 0. The van der Waals surface area contributed by atoms with Crippen molar-refractivity contribution in [3.63, 3.8) is 0 Å². The first kappa shape index (κ1) is 17.1. The number of aliphatic carboxylic acids is 1. The molecule has 0 spiro atoms. The van der Waals surface area contributed by atoms with Crippen molar-refractivity contribution in [3.8, 4) is 11.3 Å². The van der Waals surface area contributed by atoms with Crippen molar-refractivity contribution in [2.45, 2.75) is 33.2 Å². The predicted octanol–water partition coefficient (Wildman–Crippen LogP) is 3.35. The van der Waals surface area contributed by atoms with Gasteiger partial charge in [0.2, 0.25) is 0 Å². The van der Waals surface area contributed by atoms with E-state index >= 15 is 0 Å². The van der Waals surface area contributed by atoms with Gasteiger partial charge in [0.25, 0.3) is 5.91 Å². The fourth-order valence-electron chi connectivity index (χ4n) is 2.30. The second kappa shape index (κ2) is 7.37. The molecule has 23 heavy (non-hydrogen) atoms. The average Bonchev–Trinajstić information content (AvgIpc) is 2.99. The number of carboxylic acid groups (broad SMARTS) is 1. The zero-order valence-electron chi connectivity index (χ0n) is 13.4. The van der Waals surface area contributed by atoms with Crippen LogP contribution < -0.4 is 5.32 Å². The van der Waals surface area contributed by atoms with Gasteiger partial charge in [0.05, 0.1) is 17.0 Å². The zero-order chi connectivity index (χ0) is 17.0. The third-order valence-electron chi connectivity index (χ3n) is 3.46. The number of aryl methyl sites for hydroxylation is 1. The van der Waals surface area contributed by atoms with Crippen LogP contribution in [0.2, 0.25) is 0 Å². The lowest BCUT2D eigenvalue weighted by atomic mass is 10.0. The second-order valence-electron chi connectivity index (χ2n) is 5.84. The zero-order valence-corrected chi connectivity index (χ0v) is 14.2. The van der Waals surface area contributed by atoms with Gasteiger partial charge in [-0.3, -0.25) is 9.78 Å². The molecular weight excluding hydrogens is 312 g/mol. The molecule has 2 rings (SSSR count). The quantitative estimate of drug-likeness (QED) is 0.850. The first-order chi connectivity index (χ1) is 10.9. The minimum atomic E-state index is -1.02. The van der Waals surface area contributed by atoms with Gasteiger partial charge in [-0.05, 0) is 42.8 Å². The maximum atomic E-state index is 12.3. The monoisotopic (exact) mass is 332 g/mol. The molecule has 122 valence electrons. The van der Waals surface area contributed by atoms with Gasteiger partial charge >= 0.3 is 5.97 Å². The van der Waals surface area contributed by atoms with Gasteiger partial charge in [-0.1, -0.05) is 13.8 Å². The third-order valence-corrected chi connectivity index (χ3v) is 4.14. The van der Waals surface area contributed by atoms with E-state index in [1.165, 1.54) is 0 Å². The number of amides is 1. The van der Waals surface area contributed by atoms with Crippen molar-refractivity contribution in [1.82, 2.24) is 10.3 Å². The Bertz CT molecular complexity index is 696. The highest BCUT2D eigenvalue weighted by Crippen LogP contribution is 2.21. The highest BCUT2D eigenvalue weighted by atomic mass is 32.1. The number of thiophene rings is 1. The Kier molecular flexibility index (Phi) is 5.50. The SMILES string of the molecule is Cc1nc(-c2ccsc2)ccc1C(=O)N[C@H](CC(C)C)C(=O)O. The average molecular weight is 332 g/mol. The molecule has 2 aromatic rings. The summed E-state index contributed by atoms with van der Waals surface area (Å²) in [6, 6.07) is 4.55. The molecule has 5 nitrogen and oxygen atoms in total. The van der Waals surface area contributed by atoms with E-state index in [-0.39, 0.29) is 5.92 Å². The molecular formula is C17H20N2O3S. The standard InChI is InChI=1S/C17H20N2O3S/c1-10(2)8-15(17(21)22)19-16(20)13-4-5-14(18-11(13)3)12-6-7-23-9-12/h4-7,9-10,15H,8H2,1-3H3,(H,19,20)(H,21,22)/t15-/m1/s1. The summed E-state index contributed by atoms with van der Waals surface area (Å²) >= 11 is 1.58. The molecule has 0 radical (unpaired) electrons. The number of hydrogen-bond acceptors (Lipinski definition) is 4. The van der Waals surface area contributed by atoms with Gasteiger partial charge in [-0.2, -0.15) is 11.3 Å². The summed E-state index contributed by atoms with van der Waals surface area (Å²) in [6.45, 7) is 5.60. The van der Waals surface area contributed by atoms with E-state index in [9.17, 15) is 14.7 Å². The topological polar surface area (TPSA) is 79.3 Å². The van der Waals surface area contributed by atoms with E-state index in [1.807, 2.05) is 30.7 Å². The largest absolute Gasteiger partial charge is 0.480 e. The van der Waals surface area contributed by atoms with Crippen LogP contribution in [0.15, 0.2) is 29.0 Å². The summed E-state index contributed by atoms with van der Waals surface area (Å²) in [5.74, 6) is -1.25. The predicted molar refractivity (Wildman–Crippen MR) is 90.6 cm³/mol. The van der Waals surface area contributed by atoms with Crippen LogP contribution in [0.4, 0.5) is 0 Å². The Balaban J connectivity index is 2.17. The van der Waals surface area contributed by atoms with Crippen molar-refractivity contribution in [1.29, 1.82) is 0 Å². The normalized spacial score (nSPS) is 12.2. The molecule has 0 bridgehead atoms. The third kappa shape index (κ3) is 4.39. The second-order valence-corrected chi connectivity index (χ2v) is 6.62. The van der Waals surface area contributed by atoms with Gasteiger partial charge in [-0.15, -0.1) is 0 Å². The maximum Gasteiger partial charge on any atom is 0.326 e. The molecule has 6 heteroatoms. The summed E-state index contributed by atoms with van der Waals surface area (Å²) in [5.41, 5.74) is 2.80. The summed E-state index contributed by atoms with van der Waals surface area (Å²) in [6.07, 6.45) is 0.389. The van der Waals surface area contributed by atoms with Crippen LogP contribution in [-0.2, 0) is 4.79 Å². The number of aromatic nitrogens is 1. The van der Waals surface area contributed by atoms with Crippen molar-refractivity contribution >= 4 is 23.2 Å². The van der Waals surface area contributed by atoms with E-state index in [1.54, 1.807) is 30.4 Å². The molecule has 2 heterocycles. The van der Waals surface area contributed by atoms with Gasteiger partial charge < -0.3 is 10.4 Å². The molecule has 2 aromatic heterocycles. The molecule has 0 saturated heterocycles. The van der Waals surface area contributed by atoms with E-state index in [4.69, 9.17) is 0 Å². The van der Waals surface area contributed by atoms with E-state index in [2.05, 4.69) is 10.3 Å². The number of carbonyl (C=O) groups excluding carboxylic acids is 1. The fourth-order valence-corrected chi connectivity index (χ4v) is 2.95. The molecule has 1 amide bonds. The Labute approximate surface area is 139 Å². The Morgan fingerprint density at radius 2 is 2.04 bits per heavy atom. The summed E-state index contributed by atoms with van der Waals surface area (Å²) < 4.78 is 0. The Morgan fingerprint density at radius 1 is 1.30 bits per heavy atom. The van der Waals surface area contributed by atoms with E-state index in [0.717, 1.165) is 11.3 Å². The van der Waals surface area contributed by atoms with Crippen LogP contribution in [0.25, 0.3) is 11.3 Å². The van der Waals surface area contributed by atoms with Gasteiger partial charge in [-0.25, -0.2) is 4.79 Å². The summed E-state index contributed by atoms with van der Waals surface area (Å²) in [5, 5.41) is 15.8. The van der Waals surface area contributed by atoms with Crippen LogP contribution in [0.5, 0.6) is 0 Å². The molecule has 0 aliphatic carbocycles. The number of nitrogens with one attached hydrogen (secondary N) is 1. The summed E-state index contributed by atoms with van der Waals surface area (Å²) in [4.78, 5) is 28.1. The smallest absolute Gasteiger partial charge is 0.326 e. The molecule has 1 atom stereocenters. The molecule has 0 aromatic carbocycles. The number of carboxylic acids is 1. The molecule has 0 fully saturated rings. The lowest BCUT2D eigenvalue weighted by Gasteiger charge is -2.17. The number of nitrogens with zero attached hydrogens (tertiary/aromatic N) is 1. The molecule has 0 unspecified atom stereocenters. The Morgan fingerprint density at radius 3 is 2.57 bits per heavy atom. The number of carbonyl (C=O) groups is 2. The number of pyridine rings is 1. The minimum Gasteiger partial charge on any atom is -0.480 e. The van der Waals surface area contributed by atoms with Crippen LogP contribution >= 0.6 is 11.3 Å². The van der Waals surface area contributed by atoms with Gasteiger partial charge in [0.1, 0.15) is 6.04 Å². The van der Waals surface area contributed by atoms with Crippen LogP contribution in [0.1, 0.15) is 36.3 Å². The Hall–Kier alpha value is -2.21. The van der Waals surface area contributed by atoms with Crippen molar-refractivity contribution in [3.05, 3.63) is 40.2 Å². The first-order valence-corrected chi connectivity index (χ1v) is 8.36. The highest BCUT2D eigenvalue weighted by Gasteiger charge is 2.22. The van der Waals surface area contributed by atoms with Crippen molar-refractivity contribution in [2.24, 2.45) is 5.92 Å². The molecule has 2 N–H and O–H groups in total. The first-order valence-electron chi connectivity index (χ1n) is 7.42. The molecule has 0 aliphatic heterocycles. The maximum absolute atomic E-state index is 12.3. The van der Waals surface area contributed by atoms with Crippen molar-refractivity contribution < 1.29 is 14.7 Å². The molecule has 0 saturated carbocycles. The number of hydrogen-bond donors (Lipinski definition) is 2. The van der Waals surface area contributed by atoms with E-state index in [0.29, 0.717) is 17.7 Å². The lowest BCUT2D eigenvalue weighted by Crippen LogP contribution is -2.41. The van der Waals surface area contributed by atoms with Crippen LogP contribution in [0, 0.1) is 12.8 Å². The van der Waals surface area contributed by atoms with Crippen LogP contribution in [0.3, 0.4) is 0 Å².